The molecule has 0 saturated carbocycles. The molecule has 1 saturated heterocycles. The van der Waals surface area contributed by atoms with Gasteiger partial charge in [-0.05, 0) is 68.0 Å². The molecule has 34 heavy (non-hydrogen) atoms. The minimum Gasteiger partial charge on any atom is -0.464 e. The lowest BCUT2D eigenvalue weighted by Gasteiger charge is -2.33. The van der Waals surface area contributed by atoms with E-state index in [9.17, 15) is 5.11 Å². The number of rotatable bonds is 10. The molecule has 1 aliphatic heterocycles. The summed E-state index contributed by atoms with van der Waals surface area (Å²) in [5.74, 6) is 1.29. The third-order valence-electron chi connectivity index (χ3n) is 5.94. The molecule has 1 fully saturated rings. The number of anilines is 1. The second-order valence-electron chi connectivity index (χ2n) is 8.85. The van der Waals surface area contributed by atoms with E-state index >= 15 is 0 Å². The molecule has 3 unspecified atom stereocenters. The molecule has 2 aromatic carbocycles. The van der Waals surface area contributed by atoms with E-state index in [0.717, 1.165) is 29.8 Å². The van der Waals surface area contributed by atoms with Crippen molar-refractivity contribution in [2.24, 2.45) is 0 Å². The summed E-state index contributed by atoms with van der Waals surface area (Å²) in [4.78, 5) is 0. The van der Waals surface area contributed by atoms with Crippen LogP contribution >= 0.6 is 0 Å². The van der Waals surface area contributed by atoms with Gasteiger partial charge >= 0.3 is 0 Å². The van der Waals surface area contributed by atoms with E-state index in [1.807, 2.05) is 45.2 Å². The fourth-order valence-electron chi connectivity index (χ4n) is 3.94. The molecule has 188 valence electrons. The second-order valence-corrected chi connectivity index (χ2v) is 8.85. The third-order valence-corrected chi connectivity index (χ3v) is 5.94. The molecule has 3 atom stereocenters. The quantitative estimate of drug-likeness (QED) is 0.379. The highest BCUT2D eigenvalue weighted by atomic mass is 16.7. The van der Waals surface area contributed by atoms with Crippen molar-refractivity contribution in [2.75, 3.05) is 11.9 Å². The average Bonchev–Trinajstić information content (AvgIpc) is 2.82. The molecule has 3 rings (SSSR count). The van der Waals surface area contributed by atoms with E-state index in [4.69, 9.17) is 14.6 Å². The maximum absolute atomic E-state index is 10.1. The van der Waals surface area contributed by atoms with Gasteiger partial charge in [0.2, 0.25) is 6.29 Å². The van der Waals surface area contributed by atoms with Crippen LogP contribution in [-0.4, -0.2) is 35.3 Å². The topological polar surface area (TPSA) is 71.0 Å². The zero-order chi connectivity index (χ0) is 24.9. The Morgan fingerprint density at radius 3 is 2.53 bits per heavy atom. The molecule has 0 aliphatic carbocycles. The Labute approximate surface area is 205 Å². The molecule has 0 amide bonds. The molecular weight excluding hydrogens is 426 g/mol. The van der Waals surface area contributed by atoms with E-state index in [1.165, 1.54) is 11.1 Å². The molecule has 1 aliphatic rings. The molecular formula is C29H43NO4. The molecule has 1 heterocycles. The number of benzene rings is 2. The molecule has 0 spiro atoms. The van der Waals surface area contributed by atoms with Crippen molar-refractivity contribution in [3.8, 4) is 5.75 Å². The van der Waals surface area contributed by atoms with Crippen molar-refractivity contribution < 1.29 is 19.7 Å². The van der Waals surface area contributed by atoms with Crippen LogP contribution in [0.3, 0.4) is 0 Å². The summed E-state index contributed by atoms with van der Waals surface area (Å²) in [6, 6.07) is 14.8. The Bertz CT molecular complexity index is 863. The van der Waals surface area contributed by atoms with Gasteiger partial charge in [0, 0.05) is 24.3 Å². The van der Waals surface area contributed by atoms with Crippen molar-refractivity contribution in [2.45, 2.75) is 91.1 Å². The minimum atomic E-state index is -0.512. The number of aryl methyl sites for hydroxylation is 1. The predicted molar refractivity (Wildman–Crippen MR) is 140 cm³/mol. The summed E-state index contributed by atoms with van der Waals surface area (Å²) in [6.45, 7) is 10.5. The number of hydrogen-bond acceptors (Lipinski definition) is 5. The maximum atomic E-state index is 10.1. The lowest BCUT2D eigenvalue weighted by molar-refractivity contribution is -0.178. The zero-order valence-corrected chi connectivity index (χ0v) is 21.5. The van der Waals surface area contributed by atoms with E-state index < -0.39 is 12.4 Å². The van der Waals surface area contributed by atoms with Crippen LogP contribution in [0.4, 0.5) is 5.69 Å². The van der Waals surface area contributed by atoms with E-state index in [1.54, 1.807) is 0 Å². The van der Waals surface area contributed by atoms with Gasteiger partial charge in [0.1, 0.15) is 5.75 Å². The summed E-state index contributed by atoms with van der Waals surface area (Å²) < 4.78 is 12.0. The van der Waals surface area contributed by atoms with Gasteiger partial charge in [0.05, 0.1) is 12.2 Å². The van der Waals surface area contributed by atoms with E-state index in [0.29, 0.717) is 25.2 Å². The summed E-state index contributed by atoms with van der Waals surface area (Å²) in [5.41, 5.74) is 4.69. The first kappa shape index (κ1) is 27.9. The Morgan fingerprint density at radius 1 is 1.12 bits per heavy atom. The van der Waals surface area contributed by atoms with Crippen LogP contribution in [0.15, 0.2) is 54.7 Å². The highest BCUT2D eigenvalue weighted by Gasteiger charge is 2.29. The largest absolute Gasteiger partial charge is 0.464 e. The van der Waals surface area contributed by atoms with Crippen LogP contribution in [0.2, 0.25) is 0 Å². The van der Waals surface area contributed by atoms with Gasteiger partial charge in [-0.25, -0.2) is 0 Å². The van der Waals surface area contributed by atoms with Crippen LogP contribution < -0.4 is 10.1 Å². The van der Waals surface area contributed by atoms with Crippen LogP contribution in [0, 0.1) is 6.92 Å². The Hall–Kier alpha value is -2.34. The fourth-order valence-corrected chi connectivity index (χ4v) is 3.94. The Balaban J connectivity index is 0.00000199. The SMILES string of the molecule is CC.Cc1c(N/C=C/CCc2ccc(C(C)C)cc2)cccc1OC1CC(O)CC(CCO)O1. The van der Waals surface area contributed by atoms with Gasteiger partial charge in [-0.15, -0.1) is 0 Å². The second kappa shape index (κ2) is 14.8. The fraction of sp³-hybridized carbons (Fsp3) is 0.517. The Morgan fingerprint density at radius 2 is 1.85 bits per heavy atom. The van der Waals surface area contributed by atoms with Gasteiger partial charge in [-0.3, -0.25) is 0 Å². The average molecular weight is 470 g/mol. The molecule has 5 heteroatoms. The summed E-state index contributed by atoms with van der Waals surface area (Å²) in [6.07, 6.45) is 6.39. The van der Waals surface area contributed by atoms with Gasteiger partial charge in [0.15, 0.2) is 0 Å². The van der Waals surface area contributed by atoms with Crippen molar-refractivity contribution >= 4 is 5.69 Å². The lowest BCUT2D eigenvalue weighted by Crippen LogP contribution is -2.39. The highest BCUT2D eigenvalue weighted by molar-refractivity contribution is 5.58. The highest BCUT2D eigenvalue weighted by Crippen LogP contribution is 2.30. The smallest absolute Gasteiger partial charge is 0.202 e. The number of ether oxygens (including phenoxy) is 2. The lowest BCUT2D eigenvalue weighted by atomic mass is 10.0. The molecule has 5 nitrogen and oxygen atoms in total. The molecule has 0 bridgehead atoms. The van der Waals surface area contributed by atoms with Crippen molar-refractivity contribution in [1.29, 1.82) is 0 Å². The van der Waals surface area contributed by atoms with Crippen molar-refractivity contribution in [3.05, 3.63) is 71.4 Å². The normalized spacial score (nSPS) is 20.2. The van der Waals surface area contributed by atoms with Crippen molar-refractivity contribution in [1.82, 2.24) is 0 Å². The van der Waals surface area contributed by atoms with Crippen LogP contribution in [0.25, 0.3) is 0 Å². The Kier molecular flexibility index (Phi) is 12.2. The first-order valence-electron chi connectivity index (χ1n) is 12.7. The molecule has 3 N–H and O–H groups in total. The maximum Gasteiger partial charge on any atom is 0.202 e. The van der Waals surface area contributed by atoms with Crippen LogP contribution in [0.1, 0.15) is 76.0 Å². The van der Waals surface area contributed by atoms with Gasteiger partial charge in [-0.1, -0.05) is 64.1 Å². The zero-order valence-electron chi connectivity index (χ0n) is 21.5. The van der Waals surface area contributed by atoms with E-state index in [-0.39, 0.29) is 12.7 Å². The van der Waals surface area contributed by atoms with Crippen LogP contribution in [-0.2, 0) is 11.2 Å². The summed E-state index contributed by atoms with van der Waals surface area (Å²) in [5, 5.41) is 22.6. The molecule has 0 aromatic heterocycles. The number of nitrogens with one attached hydrogen (secondary N) is 1. The first-order chi connectivity index (χ1) is 16.5. The van der Waals surface area contributed by atoms with Crippen LogP contribution in [0.5, 0.6) is 5.75 Å². The number of hydrogen-bond donors (Lipinski definition) is 3. The third kappa shape index (κ3) is 8.79. The number of aliphatic hydroxyl groups excluding tert-OH is 2. The number of allylic oxidation sites excluding steroid dienone is 1. The van der Waals surface area contributed by atoms with Gasteiger partial charge < -0.3 is 25.0 Å². The predicted octanol–water partition coefficient (Wildman–Crippen LogP) is 6.33. The molecule has 2 aromatic rings. The molecule has 0 radical (unpaired) electrons. The summed E-state index contributed by atoms with van der Waals surface area (Å²) in [7, 11) is 0. The first-order valence-corrected chi connectivity index (χ1v) is 12.7. The van der Waals surface area contributed by atoms with E-state index in [2.05, 4.69) is 49.5 Å². The standard InChI is InChI=1S/C27H37NO4.C2H6/c1-19(2)22-12-10-21(11-13-22)7-4-5-15-28-25-8-6-9-26(20(25)3)32-27-18-23(30)17-24(31-27)14-16-29;1-2/h5-6,8-13,15,19,23-24,27-30H,4,7,14,16-18H2,1-3H3;1-2H3/b15-5+;. The van der Waals surface area contributed by atoms with Gasteiger partial charge in [0.25, 0.3) is 0 Å². The number of aliphatic hydroxyl groups is 2. The van der Waals surface area contributed by atoms with Gasteiger partial charge in [-0.2, -0.15) is 0 Å². The summed E-state index contributed by atoms with van der Waals surface area (Å²) >= 11 is 0. The van der Waals surface area contributed by atoms with Crippen molar-refractivity contribution in [3.63, 3.8) is 0 Å². The monoisotopic (exact) mass is 469 g/mol. The minimum absolute atomic E-state index is 0.0398.